The second-order valence-corrected chi connectivity index (χ2v) is 5.76. The molecule has 0 saturated carbocycles. The molecule has 5 heteroatoms. The summed E-state index contributed by atoms with van der Waals surface area (Å²) in [6.07, 6.45) is 0.715. The summed E-state index contributed by atoms with van der Waals surface area (Å²) in [5.41, 5.74) is 5.63. The van der Waals surface area contributed by atoms with Crippen LogP contribution in [0.5, 0.6) is 0 Å². The summed E-state index contributed by atoms with van der Waals surface area (Å²) in [6.45, 7) is 1.98. The van der Waals surface area contributed by atoms with Gasteiger partial charge in [-0.2, -0.15) is 0 Å². The highest BCUT2D eigenvalue weighted by molar-refractivity contribution is 7.09. The van der Waals surface area contributed by atoms with E-state index in [9.17, 15) is 0 Å². The molecule has 0 aliphatic carbocycles. The van der Waals surface area contributed by atoms with E-state index >= 15 is 0 Å². The maximum Gasteiger partial charge on any atom is 0.147 e. The van der Waals surface area contributed by atoms with Crippen LogP contribution in [0.15, 0.2) is 47.8 Å². The molecule has 0 unspecified atom stereocenters. The predicted octanol–water partition coefficient (Wildman–Crippen LogP) is 3.39. The zero-order valence-corrected chi connectivity index (χ0v) is 12.5. The highest BCUT2D eigenvalue weighted by Gasteiger charge is 2.12. The standard InChI is InChI=1S/C16H16N4S/c1-11-15(12-6-3-2-4-7-12)18-14(19-16(11)20-17)10-13-8-5-9-21-13/h2-9H,10,17H2,1H3,(H,18,19,20). The maximum atomic E-state index is 5.60. The number of nitrogens with zero attached hydrogens (tertiary/aromatic N) is 2. The molecule has 4 nitrogen and oxygen atoms in total. The number of nitrogens with two attached hydrogens (primary N) is 1. The highest BCUT2D eigenvalue weighted by Crippen LogP contribution is 2.26. The van der Waals surface area contributed by atoms with E-state index in [1.54, 1.807) is 11.3 Å². The fourth-order valence-corrected chi connectivity index (χ4v) is 2.93. The quantitative estimate of drug-likeness (QED) is 0.572. The van der Waals surface area contributed by atoms with Crippen molar-refractivity contribution in [3.8, 4) is 11.3 Å². The van der Waals surface area contributed by atoms with Gasteiger partial charge in [-0.3, -0.25) is 0 Å². The Hall–Kier alpha value is -2.24. The molecule has 0 aliphatic heterocycles. The van der Waals surface area contributed by atoms with Crippen molar-refractivity contribution in [2.24, 2.45) is 5.84 Å². The molecule has 2 aromatic heterocycles. The van der Waals surface area contributed by atoms with Gasteiger partial charge in [0.15, 0.2) is 0 Å². The molecule has 2 heterocycles. The van der Waals surface area contributed by atoms with Crippen molar-refractivity contribution < 1.29 is 0 Å². The average molecular weight is 296 g/mol. The van der Waals surface area contributed by atoms with Gasteiger partial charge >= 0.3 is 0 Å². The topological polar surface area (TPSA) is 63.8 Å². The fraction of sp³-hybridized carbons (Fsp3) is 0.125. The minimum absolute atomic E-state index is 0.676. The largest absolute Gasteiger partial charge is 0.308 e. The van der Waals surface area contributed by atoms with E-state index in [0.717, 1.165) is 22.6 Å². The van der Waals surface area contributed by atoms with Crippen LogP contribution in [0, 0.1) is 6.92 Å². The molecule has 106 valence electrons. The number of nitrogen functional groups attached to an aromatic ring is 1. The third kappa shape index (κ3) is 2.94. The molecule has 0 aliphatic rings. The Balaban J connectivity index is 2.06. The lowest BCUT2D eigenvalue weighted by Crippen LogP contribution is -2.13. The van der Waals surface area contributed by atoms with E-state index in [0.29, 0.717) is 12.2 Å². The van der Waals surface area contributed by atoms with Gasteiger partial charge in [-0.15, -0.1) is 11.3 Å². The van der Waals surface area contributed by atoms with Crippen molar-refractivity contribution in [2.45, 2.75) is 13.3 Å². The SMILES string of the molecule is Cc1c(NN)nc(Cc2cccs2)nc1-c1ccccc1. The molecule has 0 radical (unpaired) electrons. The smallest absolute Gasteiger partial charge is 0.147 e. The fourth-order valence-electron chi connectivity index (χ4n) is 2.23. The number of rotatable bonds is 4. The second kappa shape index (κ2) is 6.03. The second-order valence-electron chi connectivity index (χ2n) is 4.73. The number of hydrazine groups is 1. The number of anilines is 1. The Morgan fingerprint density at radius 2 is 1.90 bits per heavy atom. The minimum Gasteiger partial charge on any atom is -0.308 e. The first-order valence-corrected chi connectivity index (χ1v) is 7.58. The van der Waals surface area contributed by atoms with E-state index in [2.05, 4.69) is 21.9 Å². The van der Waals surface area contributed by atoms with Crippen molar-refractivity contribution in [1.29, 1.82) is 0 Å². The molecule has 21 heavy (non-hydrogen) atoms. The molecule has 3 aromatic rings. The summed E-state index contributed by atoms with van der Waals surface area (Å²) in [5.74, 6) is 7.05. The van der Waals surface area contributed by atoms with Crippen LogP contribution < -0.4 is 11.3 Å². The van der Waals surface area contributed by atoms with Crippen molar-refractivity contribution in [1.82, 2.24) is 9.97 Å². The van der Waals surface area contributed by atoms with Gasteiger partial charge in [-0.25, -0.2) is 15.8 Å². The number of nitrogens with one attached hydrogen (secondary N) is 1. The van der Waals surface area contributed by atoms with Gasteiger partial charge in [0.1, 0.15) is 11.6 Å². The molecule has 0 saturated heterocycles. The molecular formula is C16H16N4S. The monoisotopic (exact) mass is 296 g/mol. The Morgan fingerprint density at radius 1 is 1.10 bits per heavy atom. The first-order valence-electron chi connectivity index (χ1n) is 6.70. The van der Waals surface area contributed by atoms with Crippen LogP contribution in [0.1, 0.15) is 16.3 Å². The summed E-state index contributed by atoms with van der Waals surface area (Å²) in [7, 11) is 0. The Morgan fingerprint density at radius 3 is 2.57 bits per heavy atom. The van der Waals surface area contributed by atoms with Gasteiger partial charge in [0.25, 0.3) is 0 Å². The summed E-state index contributed by atoms with van der Waals surface area (Å²) in [6, 6.07) is 14.2. The van der Waals surface area contributed by atoms with Crippen LogP contribution in [-0.4, -0.2) is 9.97 Å². The van der Waals surface area contributed by atoms with Gasteiger partial charge in [-0.1, -0.05) is 36.4 Å². The molecular weight excluding hydrogens is 280 g/mol. The van der Waals surface area contributed by atoms with Gasteiger partial charge in [0, 0.05) is 22.4 Å². The van der Waals surface area contributed by atoms with E-state index in [1.807, 2.05) is 43.3 Å². The molecule has 3 rings (SSSR count). The van der Waals surface area contributed by atoms with Crippen molar-refractivity contribution >= 4 is 17.2 Å². The lowest BCUT2D eigenvalue weighted by atomic mass is 10.1. The molecule has 0 spiro atoms. The molecule has 0 fully saturated rings. The number of aromatic nitrogens is 2. The van der Waals surface area contributed by atoms with Crippen molar-refractivity contribution in [2.75, 3.05) is 5.43 Å². The van der Waals surface area contributed by atoms with Crippen LogP contribution in [0.2, 0.25) is 0 Å². The third-order valence-electron chi connectivity index (χ3n) is 3.29. The molecule has 0 atom stereocenters. The van der Waals surface area contributed by atoms with Crippen molar-refractivity contribution in [3.63, 3.8) is 0 Å². The predicted molar refractivity (Wildman–Crippen MR) is 87.1 cm³/mol. The molecule has 1 aromatic carbocycles. The molecule has 0 amide bonds. The van der Waals surface area contributed by atoms with Crippen LogP contribution in [-0.2, 0) is 6.42 Å². The van der Waals surface area contributed by atoms with E-state index in [-0.39, 0.29) is 0 Å². The van der Waals surface area contributed by atoms with E-state index < -0.39 is 0 Å². The average Bonchev–Trinajstić information content (AvgIpc) is 3.02. The van der Waals surface area contributed by atoms with Crippen LogP contribution >= 0.6 is 11.3 Å². The number of hydrogen-bond donors (Lipinski definition) is 2. The lowest BCUT2D eigenvalue weighted by Gasteiger charge is -2.12. The van der Waals surface area contributed by atoms with E-state index in [4.69, 9.17) is 10.8 Å². The normalized spacial score (nSPS) is 10.6. The minimum atomic E-state index is 0.676. The van der Waals surface area contributed by atoms with E-state index in [1.165, 1.54) is 4.88 Å². The summed E-state index contributed by atoms with van der Waals surface area (Å²) in [4.78, 5) is 10.5. The zero-order valence-electron chi connectivity index (χ0n) is 11.7. The first-order chi connectivity index (χ1) is 10.3. The molecule has 0 bridgehead atoms. The van der Waals surface area contributed by atoms with Crippen LogP contribution in [0.4, 0.5) is 5.82 Å². The van der Waals surface area contributed by atoms with Crippen molar-refractivity contribution in [3.05, 3.63) is 64.1 Å². The third-order valence-corrected chi connectivity index (χ3v) is 4.16. The Labute approximate surface area is 127 Å². The maximum absolute atomic E-state index is 5.60. The summed E-state index contributed by atoms with van der Waals surface area (Å²) >= 11 is 1.71. The first kappa shape index (κ1) is 13.7. The molecule has 3 N–H and O–H groups in total. The number of benzene rings is 1. The summed E-state index contributed by atoms with van der Waals surface area (Å²) < 4.78 is 0. The van der Waals surface area contributed by atoms with Gasteiger partial charge < -0.3 is 5.43 Å². The van der Waals surface area contributed by atoms with Crippen LogP contribution in [0.3, 0.4) is 0 Å². The number of thiophene rings is 1. The number of hydrogen-bond acceptors (Lipinski definition) is 5. The lowest BCUT2D eigenvalue weighted by molar-refractivity contribution is 0.968. The van der Waals surface area contributed by atoms with Gasteiger partial charge in [0.05, 0.1) is 5.69 Å². The van der Waals surface area contributed by atoms with Gasteiger partial charge in [-0.05, 0) is 18.4 Å². The van der Waals surface area contributed by atoms with Crippen LogP contribution in [0.25, 0.3) is 11.3 Å². The Bertz CT molecular complexity index is 724. The summed E-state index contributed by atoms with van der Waals surface area (Å²) in [5, 5.41) is 2.06. The van der Waals surface area contributed by atoms with Gasteiger partial charge in [0.2, 0.25) is 0 Å². The zero-order chi connectivity index (χ0) is 14.7. The highest BCUT2D eigenvalue weighted by atomic mass is 32.1. The Kier molecular flexibility index (Phi) is 3.94.